The average Bonchev–Trinajstić information content (AvgIpc) is 3.07. The molecule has 0 amide bonds. The van der Waals surface area contributed by atoms with Crippen LogP contribution in [0.4, 0.5) is 0 Å². The Morgan fingerprint density at radius 1 is 0.759 bits per heavy atom. The molecule has 2 rings (SSSR count). The van der Waals surface area contributed by atoms with Crippen LogP contribution in [0.25, 0.3) is 0 Å². The number of halogens is 2. The second-order valence-corrected chi connectivity index (χ2v) is 25.1. The fraction of sp³-hybridized carbons (Fsp3) is 0.667. The second-order valence-electron chi connectivity index (χ2n) is 10.8. The summed E-state index contributed by atoms with van der Waals surface area (Å²) in [4.78, 5) is 0. The molecule has 0 nitrogen and oxygen atoms in total. The van der Waals surface area contributed by atoms with Crippen molar-refractivity contribution in [3.63, 3.8) is 0 Å². The van der Waals surface area contributed by atoms with Gasteiger partial charge in [0.2, 0.25) is 0 Å². The van der Waals surface area contributed by atoms with E-state index in [2.05, 4.69) is 106 Å². The number of hydrogen-bond donors (Lipinski definition) is 0. The van der Waals surface area contributed by atoms with E-state index in [1.165, 1.54) is 22.3 Å². The second kappa shape index (κ2) is 15.6. The Morgan fingerprint density at radius 3 is 1.07 bits per heavy atom. The summed E-state index contributed by atoms with van der Waals surface area (Å²) in [5.74, 6) is 0. The van der Waals surface area contributed by atoms with Crippen LogP contribution in [0.2, 0.25) is 26.2 Å². The largest absolute Gasteiger partial charge is 4.00 e. The van der Waals surface area contributed by atoms with Gasteiger partial charge in [0, 0.05) is 16.6 Å². The average molecular weight is 551 g/mol. The quantitative estimate of drug-likeness (QED) is 0.341. The first-order valence-corrected chi connectivity index (χ1v) is 17.4. The Hall–Kier alpha value is 0.857. The Balaban J connectivity index is -0.000000159. The third kappa shape index (κ3) is 18.2. The third-order valence-corrected chi connectivity index (χ3v) is 13.4. The Morgan fingerprint density at radius 2 is 1.00 bits per heavy atom. The van der Waals surface area contributed by atoms with Gasteiger partial charge in [0.05, 0.1) is 0 Å². The van der Waals surface area contributed by atoms with Gasteiger partial charge in [0.1, 0.15) is 0 Å². The Labute approximate surface area is 218 Å². The van der Waals surface area contributed by atoms with Crippen LogP contribution in [0.5, 0.6) is 0 Å². The molecule has 0 saturated carbocycles. The zero-order valence-corrected chi connectivity index (χ0v) is 27.4. The van der Waals surface area contributed by atoms with Crippen LogP contribution in [0, 0.1) is 23.0 Å². The smallest absolute Gasteiger partial charge is 1.00 e. The number of allylic oxidation sites excluding steroid dienone is 8. The molecule has 0 bridgehead atoms. The van der Waals surface area contributed by atoms with Gasteiger partial charge in [-0.3, -0.25) is 12.2 Å². The van der Waals surface area contributed by atoms with E-state index in [0.29, 0.717) is 19.9 Å². The van der Waals surface area contributed by atoms with Crippen molar-refractivity contribution in [2.45, 2.75) is 94.4 Å². The first kappa shape index (κ1) is 37.2. The van der Waals surface area contributed by atoms with Gasteiger partial charge in [0.25, 0.3) is 0 Å². The summed E-state index contributed by atoms with van der Waals surface area (Å²) in [6, 6.07) is 0. The van der Waals surface area contributed by atoms with Crippen molar-refractivity contribution in [2.75, 3.05) is 0 Å². The van der Waals surface area contributed by atoms with Crippen molar-refractivity contribution in [1.29, 1.82) is 0 Å². The van der Waals surface area contributed by atoms with Crippen LogP contribution < -0.4 is 24.8 Å². The normalized spacial score (nSPS) is 15.9. The number of rotatable bonds is 1. The minimum absolute atomic E-state index is 0. The first-order chi connectivity index (χ1) is 11.6. The predicted octanol–water partition coefficient (Wildman–Crippen LogP) is 1.27. The zero-order chi connectivity index (χ0) is 20.8. The molecule has 0 spiro atoms. The van der Waals surface area contributed by atoms with E-state index in [9.17, 15) is 0 Å². The fourth-order valence-corrected chi connectivity index (χ4v) is 2.16. The molecule has 0 aromatic rings. The molecular formula is C24H44Cl2Si2Zr. The van der Waals surface area contributed by atoms with Gasteiger partial charge >= 0.3 is 26.2 Å². The van der Waals surface area contributed by atoms with Crippen molar-refractivity contribution in [1.82, 2.24) is 0 Å². The molecule has 0 aromatic heterocycles. The van der Waals surface area contributed by atoms with Gasteiger partial charge in [-0.2, -0.15) is 11.1 Å². The van der Waals surface area contributed by atoms with Gasteiger partial charge in [-0.1, -0.05) is 81.6 Å². The predicted molar refractivity (Wildman–Crippen MR) is 127 cm³/mol. The van der Waals surface area contributed by atoms with E-state index in [1.807, 2.05) is 0 Å². The summed E-state index contributed by atoms with van der Waals surface area (Å²) in [6.07, 6.45) is 13.2. The first-order valence-electron chi connectivity index (χ1n) is 10.1. The topological polar surface area (TPSA) is 0 Å². The van der Waals surface area contributed by atoms with Gasteiger partial charge < -0.3 is 24.8 Å². The molecule has 0 saturated heterocycles. The van der Waals surface area contributed by atoms with Crippen LogP contribution in [0.15, 0.2) is 34.4 Å². The molecule has 29 heavy (non-hydrogen) atoms. The summed E-state index contributed by atoms with van der Waals surface area (Å²) < 4.78 is 0. The standard InChI is InChI=1S/2C10H15.C4H14Si2.2ClH.Zr/c2*1-8-5-6-9(7-8)10(2,3)4;1-5-6(2,3)4;;;/h2*7H,6H2,1-4H3;5H2,1-4H3;2*1H;/q2*-1;;;;+4/p-2. The minimum atomic E-state index is -0.492. The van der Waals surface area contributed by atoms with Gasteiger partial charge in [-0.15, -0.1) is 12.8 Å². The molecule has 2 aliphatic rings. The maximum Gasteiger partial charge on any atom is 4.00 e. The van der Waals surface area contributed by atoms with Crippen molar-refractivity contribution >= 4 is 16.6 Å². The zero-order valence-electron chi connectivity index (χ0n) is 21.0. The monoisotopic (exact) mass is 548 g/mol. The van der Waals surface area contributed by atoms with Crippen LogP contribution in [0.3, 0.4) is 0 Å². The van der Waals surface area contributed by atoms with E-state index in [-0.39, 0.29) is 51.0 Å². The maximum atomic E-state index is 3.30. The van der Waals surface area contributed by atoms with Crippen molar-refractivity contribution in [3.05, 3.63) is 46.6 Å². The van der Waals surface area contributed by atoms with Crippen molar-refractivity contribution in [2.24, 2.45) is 10.8 Å². The van der Waals surface area contributed by atoms with Gasteiger partial charge in [-0.25, -0.2) is 23.3 Å². The van der Waals surface area contributed by atoms with Crippen molar-refractivity contribution in [3.8, 4) is 0 Å². The third-order valence-electron chi connectivity index (χ3n) is 4.88. The molecule has 0 aromatic carbocycles. The van der Waals surface area contributed by atoms with Crippen LogP contribution in [-0.4, -0.2) is 16.6 Å². The molecule has 0 fully saturated rings. The summed E-state index contributed by atoms with van der Waals surface area (Å²) >= 11 is 0. The van der Waals surface area contributed by atoms with Gasteiger partial charge in [-0.05, 0) is 10.8 Å². The molecule has 5 heteroatoms. The minimum Gasteiger partial charge on any atom is -1.00 e. The molecule has 0 N–H and O–H groups in total. The molecule has 0 atom stereocenters. The number of hydrogen-bond acceptors (Lipinski definition) is 0. The van der Waals surface area contributed by atoms with E-state index in [0.717, 1.165) is 12.8 Å². The van der Waals surface area contributed by atoms with Crippen LogP contribution in [-0.2, 0) is 26.2 Å². The Bertz CT molecular complexity index is 535. The molecule has 166 valence electrons. The van der Waals surface area contributed by atoms with Gasteiger partial charge in [0.15, 0.2) is 0 Å². The van der Waals surface area contributed by atoms with E-state index >= 15 is 0 Å². The maximum absolute atomic E-state index is 3.30. The summed E-state index contributed by atoms with van der Waals surface area (Å²) in [6.45, 7) is 27.5. The molecule has 0 heterocycles. The Kier molecular flexibility index (Phi) is 20.0. The van der Waals surface area contributed by atoms with Crippen LogP contribution >= 0.6 is 0 Å². The molecular weight excluding hydrogens is 507 g/mol. The molecule has 0 unspecified atom stereocenters. The summed E-state index contributed by atoms with van der Waals surface area (Å²) in [7, 11) is -0.101. The van der Waals surface area contributed by atoms with E-state index in [1.54, 1.807) is 0 Å². The molecule has 0 radical (unpaired) electrons. The fourth-order valence-electron chi connectivity index (χ4n) is 2.16. The SMILES string of the molecule is CC1=[C-]CC(C(C)(C)C)=C1.CC1=[C-]CC(C(C)(C)C)=C1.C[SiH2][Si](C)(C)C.[Cl-].[Cl-].[Zr+4]. The van der Waals surface area contributed by atoms with E-state index in [4.69, 9.17) is 0 Å². The van der Waals surface area contributed by atoms with E-state index < -0.39 is 7.59 Å². The van der Waals surface area contributed by atoms with Crippen molar-refractivity contribution < 1.29 is 51.0 Å². The molecule has 0 aliphatic heterocycles. The summed E-state index contributed by atoms with van der Waals surface area (Å²) in [5.41, 5.74) is 6.28. The summed E-state index contributed by atoms with van der Waals surface area (Å²) in [5, 5.41) is 0. The van der Waals surface area contributed by atoms with Crippen LogP contribution in [0.1, 0.15) is 68.2 Å². The molecule has 2 aliphatic carbocycles.